The van der Waals surface area contributed by atoms with Crippen molar-refractivity contribution in [1.29, 1.82) is 0 Å². The van der Waals surface area contributed by atoms with Crippen LogP contribution in [0.3, 0.4) is 0 Å². The van der Waals surface area contributed by atoms with Gasteiger partial charge in [0.25, 0.3) is 0 Å². The SMILES string of the molecule is CNC(C(=O)NCc1ccc2c(c1)OCCO2)c1cnn(C)c1. The van der Waals surface area contributed by atoms with Crippen LogP contribution in [0.15, 0.2) is 30.6 Å². The van der Waals surface area contributed by atoms with E-state index >= 15 is 0 Å². The number of rotatable bonds is 5. The summed E-state index contributed by atoms with van der Waals surface area (Å²) in [5, 5.41) is 10.0. The zero-order valence-corrected chi connectivity index (χ0v) is 13.2. The number of likely N-dealkylation sites (N-methyl/N-ethyl adjacent to an activating group) is 1. The second-order valence-corrected chi connectivity index (χ2v) is 5.36. The summed E-state index contributed by atoms with van der Waals surface area (Å²) in [6.07, 6.45) is 3.51. The highest BCUT2D eigenvalue weighted by atomic mass is 16.6. The third-order valence-corrected chi connectivity index (χ3v) is 3.68. The molecule has 1 aliphatic rings. The number of ether oxygens (including phenoxy) is 2. The van der Waals surface area contributed by atoms with E-state index in [1.54, 1.807) is 17.9 Å². The van der Waals surface area contributed by atoms with Crippen molar-refractivity contribution in [2.75, 3.05) is 20.3 Å². The quantitative estimate of drug-likeness (QED) is 0.852. The van der Waals surface area contributed by atoms with Crippen LogP contribution in [-0.4, -0.2) is 35.9 Å². The van der Waals surface area contributed by atoms with Gasteiger partial charge in [-0.1, -0.05) is 6.07 Å². The third-order valence-electron chi connectivity index (χ3n) is 3.68. The third kappa shape index (κ3) is 3.45. The molecule has 0 saturated heterocycles. The molecule has 0 fully saturated rings. The Morgan fingerprint density at radius 1 is 1.35 bits per heavy atom. The number of amides is 1. The molecule has 7 heteroatoms. The van der Waals surface area contributed by atoms with Crippen LogP contribution in [0.25, 0.3) is 0 Å². The molecule has 0 bridgehead atoms. The molecule has 7 nitrogen and oxygen atoms in total. The molecule has 1 aliphatic heterocycles. The maximum Gasteiger partial charge on any atom is 0.242 e. The Labute approximate surface area is 134 Å². The molecular weight excluding hydrogens is 296 g/mol. The average molecular weight is 316 g/mol. The summed E-state index contributed by atoms with van der Waals surface area (Å²) in [7, 11) is 3.57. The summed E-state index contributed by atoms with van der Waals surface area (Å²) in [4.78, 5) is 12.4. The Morgan fingerprint density at radius 3 is 2.83 bits per heavy atom. The largest absolute Gasteiger partial charge is 0.486 e. The highest BCUT2D eigenvalue weighted by Crippen LogP contribution is 2.30. The van der Waals surface area contributed by atoms with E-state index in [1.165, 1.54) is 0 Å². The summed E-state index contributed by atoms with van der Waals surface area (Å²) >= 11 is 0. The lowest BCUT2D eigenvalue weighted by Crippen LogP contribution is -2.35. The maximum absolute atomic E-state index is 12.4. The van der Waals surface area contributed by atoms with Gasteiger partial charge in [-0.3, -0.25) is 9.48 Å². The van der Waals surface area contributed by atoms with Crippen molar-refractivity contribution in [3.05, 3.63) is 41.7 Å². The first-order chi connectivity index (χ1) is 11.2. The van der Waals surface area contributed by atoms with Crippen LogP contribution >= 0.6 is 0 Å². The number of fused-ring (bicyclic) bond motifs is 1. The standard InChI is InChI=1S/C16H20N4O3/c1-17-15(12-9-19-20(2)10-12)16(21)18-8-11-3-4-13-14(7-11)23-6-5-22-13/h3-4,7,9-10,15,17H,5-6,8H2,1-2H3,(H,18,21). The van der Waals surface area contributed by atoms with E-state index in [9.17, 15) is 4.79 Å². The lowest BCUT2D eigenvalue weighted by molar-refractivity contribution is -0.123. The molecular formula is C16H20N4O3. The number of nitrogens with one attached hydrogen (secondary N) is 2. The van der Waals surface area contributed by atoms with Crippen LogP contribution in [0.1, 0.15) is 17.2 Å². The van der Waals surface area contributed by atoms with Gasteiger partial charge < -0.3 is 20.1 Å². The fraction of sp³-hybridized carbons (Fsp3) is 0.375. The number of carbonyl (C=O) groups excluding carboxylic acids is 1. The molecule has 3 rings (SSSR count). The summed E-state index contributed by atoms with van der Waals surface area (Å²) in [5.41, 5.74) is 1.79. The van der Waals surface area contributed by atoms with E-state index < -0.39 is 6.04 Å². The predicted molar refractivity (Wildman–Crippen MR) is 84.3 cm³/mol. The first-order valence-electron chi connectivity index (χ1n) is 7.49. The highest BCUT2D eigenvalue weighted by Gasteiger charge is 2.20. The molecule has 1 atom stereocenters. The van der Waals surface area contributed by atoms with Gasteiger partial charge in [-0.2, -0.15) is 5.10 Å². The van der Waals surface area contributed by atoms with E-state index in [1.807, 2.05) is 31.4 Å². The van der Waals surface area contributed by atoms with Gasteiger partial charge in [-0.15, -0.1) is 0 Å². The molecule has 0 aliphatic carbocycles. The van der Waals surface area contributed by atoms with Crippen molar-refractivity contribution in [2.24, 2.45) is 7.05 Å². The number of aromatic nitrogens is 2. The molecule has 122 valence electrons. The first kappa shape index (κ1) is 15.4. The van der Waals surface area contributed by atoms with Crippen LogP contribution in [0.2, 0.25) is 0 Å². The minimum Gasteiger partial charge on any atom is -0.486 e. The van der Waals surface area contributed by atoms with Crippen molar-refractivity contribution in [2.45, 2.75) is 12.6 Å². The van der Waals surface area contributed by atoms with Crippen LogP contribution in [0, 0.1) is 0 Å². The van der Waals surface area contributed by atoms with Crippen molar-refractivity contribution >= 4 is 5.91 Å². The van der Waals surface area contributed by atoms with Gasteiger partial charge >= 0.3 is 0 Å². The number of carbonyl (C=O) groups is 1. The average Bonchev–Trinajstić information content (AvgIpc) is 2.99. The van der Waals surface area contributed by atoms with Gasteiger partial charge in [0.2, 0.25) is 5.91 Å². The van der Waals surface area contributed by atoms with Crippen molar-refractivity contribution in [3.63, 3.8) is 0 Å². The van der Waals surface area contributed by atoms with Crippen LogP contribution < -0.4 is 20.1 Å². The minimum atomic E-state index is -0.430. The van der Waals surface area contributed by atoms with Crippen LogP contribution in [0.4, 0.5) is 0 Å². The van der Waals surface area contributed by atoms with E-state index in [2.05, 4.69) is 15.7 Å². The lowest BCUT2D eigenvalue weighted by Gasteiger charge is -2.19. The number of aryl methyl sites for hydroxylation is 1. The molecule has 2 N–H and O–H groups in total. The second kappa shape index (κ2) is 6.70. The van der Waals surface area contributed by atoms with Crippen molar-refractivity contribution in [3.8, 4) is 11.5 Å². The number of nitrogens with zero attached hydrogens (tertiary/aromatic N) is 2. The smallest absolute Gasteiger partial charge is 0.242 e. The molecule has 1 aromatic carbocycles. The normalized spacial score (nSPS) is 14.3. The Hall–Kier alpha value is -2.54. The van der Waals surface area contributed by atoms with Crippen LogP contribution in [-0.2, 0) is 18.4 Å². The van der Waals surface area contributed by atoms with E-state index in [0.717, 1.165) is 22.6 Å². The van der Waals surface area contributed by atoms with Crippen molar-refractivity contribution < 1.29 is 14.3 Å². The molecule has 1 aromatic heterocycles. The molecule has 2 heterocycles. The van der Waals surface area contributed by atoms with Gasteiger partial charge in [-0.05, 0) is 24.7 Å². The van der Waals surface area contributed by atoms with Crippen LogP contribution in [0.5, 0.6) is 11.5 Å². The Bertz CT molecular complexity index is 698. The predicted octanol–water partition coefficient (Wildman–Crippen LogP) is 0.768. The zero-order chi connectivity index (χ0) is 16.2. The molecule has 23 heavy (non-hydrogen) atoms. The van der Waals surface area contributed by atoms with Gasteiger partial charge in [0.05, 0.1) is 6.20 Å². The summed E-state index contributed by atoms with van der Waals surface area (Å²) in [6, 6.07) is 5.26. The first-order valence-corrected chi connectivity index (χ1v) is 7.49. The maximum atomic E-state index is 12.4. The minimum absolute atomic E-state index is 0.101. The van der Waals surface area contributed by atoms with Gasteiger partial charge in [0.1, 0.15) is 19.3 Å². The fourth-order valence-electron chi connectivity index (χ4n) is 2.53. The lowest BCUT2D eigenvalue weighted by atomic mass is 10.1. The zero-order valence-electron chi connectivity index (χ0n) is 13.2. The Morgan fingerprint density at radius 2 is 2.13 bits per heavy atom. The monoisotopic (exact) mass is 316 g/mol. The Kier molecular flexibility index (Phi) is 4.47. The van der Waals surface area contributed by atoms with Crippen molar-refractivity contribution in [1.82, 2.24) is 20.4 Å². The fourth-order valence-corrected chi connectivity index (χ4v) is 2.53. The highest BCUT2D eigenvalue weighted by molar-refractivity contribution is 5.83. The molecule has 0 radical (unpaired) electrons. The molecule has 0 spiro atoms. The summed E-state index contributed by atoms with van der Waals surface area (Å²) < 4.78 is 12.7. The van der Waals surface area contributed by atoms with E-state index in [0.29, 0.717) is 19.8 Å². The van der Waals surface area contributed by atoms with Gasteiger partial charge in [0, 0.05) is 25.4 Å². The molecule has 0 saturated carbocycles. The van der Waals surface area contributed by atoms with E-state index in [4.69, 9.17) is 9.47 Å². The van der Waals surface area contributed by atoms with Gasteiger partial charge in [-0.25, -0.2) is 0 Å². The molecule has 2 aromatic rings. The molecule has 1 unspecified atom stereocenters. The number of benzene rings is 1. The Balaban J connectivity index is 1.64. The summed E-state index contributed by atoms with van der Waals surface area (Å²) in [5.74, 6) is 1.37. The summed E-state index contributed by atoms with van der Waals surface area (Å²) in [6.45, 7) is 1.54. The van der Waals surface area contributed by atoms with Gasteiger partial charge in [0.15, 0.2) is 11.5 Å². The topological polar surface area (TPSA) is 77.4 Å². The molecule has 1 amide bonds. The number of hydrogen-bond donors (Lipinski definition) is 2. The van der Waals surface area contributed by atoms with E-state index in [-0.39, 0.29) is 5.91 Å². The number of hydrogen-bond acceptors (Lipinski definition) is 5. The second-order valence-electron chi connectivity index (χ2n) is 5.36.